The van der Waals surface area contributed by atoms with Gasteiger partial charge in [0.2, 0.25) is 11.8 Å². The first-order chi connectivity index (χ1) is 26.2. The maximum Gasteiger partial charge on any atom is 0.433 e. The van der Waals surface area contributed by atoms with Crippen molar-refractivity contribution in [3.05, 3.63) is 83.2 Å². The van der Waals surface area contributed by atoms with Gasteiger partial charge < -0.3 is 24.7 Å². The van der Waals surface area contributed by atoms with Crippen LogP contribution >= 0.6 is 0 Å². The number of ether oxygens (including phenoxy) is 1. The van der Waals surface area contributed by atoms with Gasteiger partial charge >= 0.3 is 6.18 Å². The highest BCUT2D eigenvalue weighted by atomic mass is 19.4. The number of alkyl halides is 3. The van der Waals surface area contributed by atoms with E-state index < -0.39 is 23.8 Å². The first kappa shape index (κ1) is 39.6. The van der Waals surface area contributed by atoms with Crippen LogP contribution in [0.1, 0.15) is 111 Å². The third-order valence-corrected chi connectivity index (χ3v) is 10.2. The topological polar surface area (TPSA) is 130 Å². The quantitative estimate of drug-likeness (QED) is 0.123. The molecule has 2 aliphatic heterocycles. The second-order valence-corrected chi connectivity index (χ2v) is 14.8. The standard InChI is InChI=1S/C23H25F3N4O2.C17H22FN3O2/c1-14(2)32-18-11-21-27-17(15-7-4-3-5-8-15)13-30(21)12-16(18)22(31)29-20-10-6-9-19(28-20)23(24,25)26;1-21-8-6-11(7-9-21)13-3-2-12(10-14(13)18)19-15-4-5-16(22)20-17(15)23/h6,9-15H,3-5,7-8H2,1-2H3,(H,28,29,31);2-3,10-11,15,19H,4-9H2,1H3,(H,20,22,23). The second kappa shape index (κ2) is 17.2. The number of pyridine rings is 2. The van der Waals surface area contributed by atoms with Crippen molar-refractivity contribution in [1.29, 1.82) is 0 Å². The highest BCUT2D eigenvalue weighted by Crippen LogP contribution is 2.34. The highest BCUT2D eigenvalue weighted by molar-refractivity contribution is 6.06. The van der Waals surface area contributed by atoms with Crippen molar-refractivity contribution in [3.8, 4) is 5.75 Å². The van der Waals surface area contributed by atoms with Gasteiger partial charge in [0.05, 0.1) is 17.4 Å². The molecule has 0 spiro atoms. The van der Waals surface area contributed by atoms with E-state index >= 15 is 0 Å². The van der Waals surface area contributed by atoms with Gasteiger partial charge in [-0.1, -0.05) is 31.4 Å². The summed E-state index contributed by atoms with van der Waals surface area (Å²) in [5.41, 5.74) is 2.10. The number of imide groups is 1. The van der Waals surface area contributed by atoms with Crippen molar-refractivity contribution < 1.29 is 36.7 Å². The monoisotopic (exact) mass is 765 g/mol. The molecule has 294 valence electrons. The molecule has 15 heteroatoms. The molecule has 3 N–H and O–H groups in total. The van der Waals surface area contributed by atoms with E-state index in [0.717, 1.165) is 56.1 Å². The Morgan fingerprint density at radius 3 is 2.36 bits per heavy atom. The van der Waals surface area contributed by atoms with E-state index in [1.807, 2.05) is 32.2 Å². The Labute approximate surface area is 317 Å². The van der Waals surface area contributed by atoms with Crippen molar-refractivity contribution in [2.24, 2.45) is 0 Å². The molecule has 3 fully saturated rings. The number of hydrogen-bond acceptors (Lipinski definition) is 8. The Morgan fingerprint density at radius 1 is 0.945 bits per heavy atom. The van der Waals surface area contributed by atoms with E-state index in [4.69, 9.17) is 9.72 Å². The minimum Gasteiger partial charge on any atom is -0.490 e. The summed E-state index contributed by atoms with van der Waals surface area (Å²) in [6.45, 7) is 5.64. The lowest BCUT2D eigenvalue weighted by atomic mass is 9.87. The molecule has 2 saturated heterocycles. The van der Waals surface area contributed by atoms with Crippen LogP contribution in [0.2, 0.25) is 0 Å². The van der Waals surface area contributed by atoms with Crippen LogP contribution in [0.5, 0.6) is 5.75 Å². The van der Waals surface area contributed by atoms with Crippen LogP contribution in [0, 0.1) is 5.82 Å². The fourth-order valence-electron chi connectivity index (χ4n) is 7.30. The summed E-state index contributed by atoms with van der Waals surface area (Å²) in [6, 6.07) is 9.67. The lowest BCUT2D eigenvalue weighted by Crippen LogP contribution is -2.47. The van der Waals surface area contributed by atoms with E-state index in [2.05, 4.69) is 32.9 Å². The predicted molar refractivity (Wildman–Crippen MR) is 200 cm³/mol. The van der Waals surface area contributed by atoms with E-state index in [0.29, 0.717) is 35.8 Å². The number of fused-ring (bicyclic) bond motifs is 1. The number of anilines is 2. The first-order valence-corrected chi connectivity index (χ1v) is 18.9. The van der Waals surface area contributed by atoms with Crippen molar-refractivity contribution >= 4 is 34.9 Å². The number of nitrogens with one attached hydrogen (secondary N) is 3. The number of carbonyl (C=O) groups excluding carboxylic acids is 3. The SMILES string of the molecule is CC(C)Oc1cc2nc(C3CCCCC3)cn2cc1C(=O)Nc1cccc(C(F)(F)F)n1.CN1CCC(c2ccc(NC3CCC(=O)NC3=O)cc2F)CC1. The Kier molecular flexibility index (Phi) is 12.4. The van der Waals surface area contributed by atoms with Gasteiger partial charge in [-0.3, -0.25) is 19.7 Å². The number of aromatic nitrogens is 3. The maximum atomic E-state index is 14.4. The highest BCUT2D eigenvalue weighted by Gasteiger charge is 2.33. The van der Waals surface area contributed by atoms with Crippen LogP contribution in [0.15, 0.2) is 54.9 Å². The zero-order chi connectivity index (χ0) is 39.3. The lowest BCUT2D eigenvalue weighted by Gasteiger charge is -2.29. The number of amides is 3. The van der Waals surface area contributed by atoms with Gasteiger partial charge in [-0.05, 0) is 102 Å². The molecule has 1 aliphatic carbocycles. The maximum absolute atomic E-state index is 14.4. The molecular weight excluding hydrogens is 718 g/mol. The van der Waals surface area contributed by atoms with Gasteiger partial charge in [-0.2, -0.15) is 13.2 Å². The van der Waals surface area contributed by atoms with Gasteiger partial charge in [0.1, 0.15) is 34.8 Å². The summed E-state index contributed by atoms with van der Waals surface area (Å²) in [7, 11) is 2.08. The molecule has 7 rings (SSSR count). The molecule has 3 aromatic heterocycles. The molecule has 5 heterocycles. The van der Waals surface area contributed by atoms with Crippen molar-refractivity contribution in [2.45, 2.75) is 102 Å². The summed E-state index contributed by atoms with van der Waals surface area (Å²) in [5, 5.41) is 7.76. The van der Waals surface area contributed by atoms with Crippen LogP contribution in [-0.2, 0) is 15.8 Å². The average Bonchev–Trinajstić information content (AvgIpc) is 3.56. The molecule has 3 amide bonds. The molecule has 0 bridgehead atoms. The number of benzene rings is 1. The molecule has 1 saturated carbocycles. The summed E-state index contributed by atoms with van der Waals surface area (Å²) < 4.78 is 60.9. The Bertz CT molecular complexity index is 2000. The van der Waals surface area contributed by atoms with Crippen molar-refractivity contribution in [2.75, 3.05) is 30.8 Å². The molecule has 1 unspecified atom stereocenters. The largest absolute Gasteiger partial charge is 0.490 e. The lowest BCUT2D eigenvalue weighted by molar-refractivity contribution is -0.141. The van der Waals surface area contributed by atoms with E-state index in [-0.39, 0.29) is 41.0 Å². The Morgan fingerprint density at radius 2 is 1.69 bits per heavy atom. The van der Waals surface area contributed by atoms with Gasteiger partial charge in [0.15, 0.2) is 0 Å². The zero-order valence-electron chi connectivity index (χ0n) is 31.2. The summed E-state index contributed by atoms with van der Waals surface area (Å²) >= 11 is 0. The molecule has 4 aromatic rings. The third-order valence-electron chi connectivity index (χ3n) is 10.2. The number of imidazole rings is 1. The predicted octanol–water partition coefficient (Wildman–Crippen LogP) is 7.69. The summed E-state index contributed by atoms with van der Waals surface area (Å²) in [6.07, 6.45) is 7.17. The number of piperidine rings is 2. The molecule has 0 radical (unpaired) electrons. The van der Waals surface area contributed by atoms with Crippen LogP contribution in [0.4, 0.5) is 29.1 Å². The third kappa shape index (κ3) is 10.2. The minimum atomic E-state index is -4.60. The fraction of sp³-hybridized carbons (Fsp3) is 0.475. The van der Waals surface area contributed by atoms with E-state index in [9.17, 15) is 31.9 Å². The number of carbonyl (C=O) groups is 3. The Hall–Kier alpha value is -5.05. The van der Waals surface area contributed by atoms with Crippen molar-refractivity contribution in [1.82, 2.24) is 24.6 Å². The van der Waals surface area contributed by atoms with Gasteiger partial charge in [-0.25, -0.2) is 14.4 Å². The van der Waals surface area contributed by atoms with Crippen LogP contribution in [0.25, 0.3) is 5.65 Å². The molecule has 55 heavy (non-hydrogen) atoms. The second-order valence-electron chi connectivity index (χ2n) is 14.8. The average molecular weight is 766 g/mol. The summed E-state index contributed by atoms with van der Waals surface area (Å²) in [4.78, 5) is 46.4. The minimum absolute atomic E-state index is 0.186. The van der Waals surface area contributed by atoms with Gasteiger partial charge in [0.25, 0.3) is 5.91 Å². The van der Waals surface area contributed by atoms with Gasteiger partial charge in [-0.15, -0.1) is 0 Å². The number of likely N-dealkylation sites (tertiary alicyclic amines) is 1. The number of nitrogens with zero attached hydrogens (tertiary/aromatic N) is 4. The first-order valence-electron chi connectivity index (χ1n) is 18.9. The number of halogens is 4. The molecule has 3 aliphatic rings. The van der Waals surface area contributed by atoms with Crippen molar-refractivity contribution in [3.63, 3.8) is 0 Å². The fourth-order valence-corrected chi connectivity index (χ4v) is 7.30. The summed E-state index contributed by atoms with van der Waals surface area (Å²) in [5.74, 6) is -0.649. The number of rotatable bonds is 8. The van der Waals surface area contributed by atoms with Gasteiger partial charge in [0, 0.05) is 36.5 Å². The number of hydrogen-bond donors (Lipinski definition) is 3. The molecule has 11 nitrogen and oxygen atoms in total. The van der Waals surface area contributed by atoms with Crippen LogP contribution in [-0.4, -0.2) is 69.3 Å². The van der Waals surface area contributed by atoms with E-state index in [1.54, 1.807) is 16.7 Å². The van der Waals surface area contributed by atoms with Crippen LogP contribution < -0.4 is 20.7 Å². The molecule has 1 aromatic carbocycles. The van der Waals surface area contributed by atoms with Crippen LogP contribution in [0.3, 0.4) is 0 Å². The smallest absolute Gasteiger partial charge is 0.433 e. The van der Waals surface area contributed by atoms with E-state index in [1.165, 1.54) is 37.5 Å². The molecular formula is C40H47F4N7O4. The molecule has 1 atom stereocenters. The Balaban J connectivity index is 0.000000197. The normalized spacial score (nSPS) is 18.8. The zero-order valence-corrected chi connectivity index (χ0v) is 31.2.